The first-order valence-corrected chi connectivity index (χ1v) is 10.6. The SMILES string of the molecule is C=C(/C=C/[C@@H]1[C@H]2CC(=O)O[C@H]2C[C@H]1OOCc1ccccc1)CCc1ccccc1. The summed E-state index contributed by atoms with van der Waals surface area (Å²) in [5.41, 5.74) is 3.43. The van der Waals surface area contributed by atoms with E-state index in [2.05, 4.69) is 43.0 Å². The number of hydrogen-bond acceptors (Lipinski definition) is 4. The summed E-state index contributed by atoms with van der Waals surface area (Å²) in [7, 11) is 0. The van der Waals surface area contributed by atoms with Crippen LogP contribution in [0.5, 0.6) is 0 Å². The van der Waals surface area contributed by atoms with Gasteiger partial charge in [0, 0.05) is 18.3 Å². The quantitative estimate of drug-likeness (QED) is 0.249. The minimum absolute atomic E-state index is 0.0747. The summed E-state index contributed by atoms with van der Waals surface area (Å²) in [6.45, 7) is 4.60. The van der Waals surface area contributed by atoms with Crippen LogP contribution in [0.3, 0.4) is 0 Å². The van der Waals surface area contributed by atoms with Gasteiger partial charge in [-0.2, -0.15) is 0 Å². The molecule has 1 heterocycles. The van der Waals surface area contributed by atoms with Crippen LogP contribution < -0.4 is 0 Å². The zero-order valence-electron chi connectivity index (χ0n) is 17.1. The Bertz CT molecular complexity index is 874. The Labute approximate surface area is 178 Å². The molecular weight excluding hydrogens is 376 g/mol. The van der Waals surface area contributed by atoms with E-state index in [4.69, 9.17) is 14.5 Å². The number of hydrogen-bond donors (Lipinski definition) is 0. The summed E-state index contributed by atoms with van der Waals surface area (Å²) in [6, 6.07) is 20.3. The molecule has 0 aromatic heterocycles. The lowest BCUT2D eigenvalue weighted by molar-refractivity contribution is -0.337. The highest BCUT2D eigenvalue weighted by molar-refractivity contribution is 5.72. The van der Waals surface area contributed by atoms with Gasteiger partial charge in [-0.1, -0.05) is 85.0 Å². The van der Waals surface area contributed by atoms with E-state index >= 15 is 0 Å². The predicted molar refractivity (Wildman–Crippen MR) is 115 cm³/mol. The molecule has 1 aliphatic carbocycles. The van der Waals surface area contributed by atoms with Gasteiger partial charge in [-0.3, -0.25) is 4.79 Å². The van der Waals surface area contributed by atoms with Crippen molar-refractivity contribution in [3.8, 4) is 0 Å². The van der Waals surface area contributed by atoms with E-state index in [1.54, 1.807) is 0 Å². The second-order valence-electron chi connectivity index (χ2n) is 8.09. The number of carbonyl (C=O) groups excluding carboxylic acids is 1. The van der Waals surface area contributed by atoms with E-state index < -0.39 is 0 Å². The molecule has 1 aliphatic heterocycles. The molecule has 30 heavy (non-hydrogen) atoms. The molecule has 0 radical (unpaired) electrons. The van der Waals surface area contributed by atoms with E-state index in [0.717, 1.165) is 24.0 Å². The predicted octanol–water partition coefficient (Wildman–Crippen LogP) is 5.20. The zero-order valence-corrected chi connectivity index (χ0v) is 17.1. The number of carbonyl (C=O) groups is 1. The lowest BCUT2D eigenvalue weighted by atomic mass is 9.91. The molecule has 2 aromatic carbocycles. The van der Waals surface area contributed by atoms with Gasteiger partial charge in [0.15, 0.2) is 0 Å². The summed E-state index contributed by atoms with van der Waals surface area (Å²) >= 11 is 0. The van der Waals surface area contributed by atoms with Gasteiger partial charge in [-0.15, -0.1) is 0 Å². The van der Waals surface area contributed by atoms with Crippen molar-refractivity contribution >= 4 is 5.97 Å². The topological polar surface area (TPSA) is 44.8 Å². The van der Waals surface area contributed by atoms with Crippen LogP contribution >= 0.6 is 0 Å². The first-order valence-electron chi connectivity index (χ1n) is 10.6. The minimum atomic E-state index is -0.130. The third-order valence-electron chi connectivity index (χ3n) is 5.94. The van der Waals surface area contributed by atoms with E-state index in [1.807, 2.05) is 36.4 Å². The smallest absolute Gasteiger partial charge is 0.306 e. The molecule has 0 bridgehead atoms. The average molecular weight is 405 g/mol. The molecule has 1 saturated carbocycles. The van der Waals surface area contributed by atoms with Crippen molar-refractivity contribution in [3.63, 3.8) is 0 Å². The number of aryl methyl sites for hydroxylation is 1. The Morgan fingerprint density at radius 2 is 1.77 bits per heavy atom. The van der Waals surface area contributed by atoms with Gasteiger partial charge in [-0.25, -0.2) is 9.78 Å². The summed E-state index contributed by atoms with van der Waals surface area (Å²) in [5.74, 6) is 0.0988. The van der Waals surface area contributed by atoms with Crippen molar-refractivity contribution in [2.75, 3.05) is 0 Å². The molecule has 2 fully saturated rings. The Balaban J connectivity index is 1.34. The summed E-state index contributed by atoms with van der Waals surface area (Å²) in [4.78, 5) is 23.1. The van der Waals surface area contributed by atoms with Gasteiger partial charge in [0.1, 0.15) is 18.8 Å². The van der Waals surface area contributed by atoms with Gasteiger partial charge in [0.2, 0.25) is 0 Å². The highest BCUT2D eigenvalue weighted by atomic mass is 17.2. The number of fused-ring (bicyclic) bond motifs is 1. The molecule has 0 unspecified atom stereocenters. The normalized spacial score (nSPS) is 25.4. The lowest BCUT2D eigenvalue weighted by Gasteiger charge is -2.19. The molecule has 156 valence electrons. The van der Waals surface area contributed by atoms with Crippen molar-refractivity contribution in [1.29, 1.82) is 0 Å². The molecule has 1 saturated heterocycles. The molecule has 0 N–H and O–H groups in total. The molecule has 0 spiro atoms. The van der Waals surface area contributed by atoms with Crippen LogP contribution in [0, 0.1) is 11.8 Å². The van der Waals surface area contributed by atoms with Crippen molar-refractivity contribution in [3.05, 3.63) is 96.1 Å². The molecule has 2 aromatic rings. The fourth-order valence-corrected chi connectivity index (χ4v) is 4.31. The van der Waals surface area contributed by atoms with Gasteiger partial charge >= 0.3 is 5.97 Å². The number of allylic oxidation sites excluding steroid dienone is 2. The zero-order chi connectivity index (χ0) is 20.8. The Hall–Kier alpha value is -2.69. The first-order chi connectivity index (χ1) is 14.7. The molecule has 4 heteroatoms. The third kappa shape index (κ3) is 5.26. The fraction of sp³-hybridized carbons (Fsp3) is 0.346. The average Bonchev–Trinajstić information content (AvgIpc) is 3.28. The van der Waals surface area contributed by atoms with Crippen molar-refractivity contribution in [2.45, 2.75) is 44.5 Å². The first kappa shape index (κ1) is 20.6. The van der Waals surface area contributed by atoms with E-state index in [0.29, 0.717) is 19.4 Å². The molecule has 4 atom stereocenters. The molecular formula is C26H28O4. The minimum Gasteiger partial charge on any atom is -0.462 e. The van der Waals surface area contributed by atoms with Crippen LogP contribution in [-0.2, 0) is 32.3 Å². The fourth-order valence-electron chi connectivity index (χ4n) is 4.31. The van der Waals surface area contributed by atoms with Crippen molar-refractivity contribution < 1.29 is 19.3 Å². The monoisotopic (exact) mass is 404 g/mol. The van der Waals surface area contributed by atoms with Crippen LogP contribution in [0.4, 0.5) is 0 Å². The van der Waals surface area contributed by atoms with Crippen LogP contribution in [0.15, 0.2) is 85.0 Å². The highest BCUT2D eigenvalue weighted by Crippen LogP contribution is 2.43. The van der Waals surface area contributed by atoms with Gasteiger partial charge in [0.25, 0.3) is 0 Å². The van der Waals surface area contributed by atoms with Gasteiger partial charge in [-0.05, 0) is 24.0 Å². The van der Waals surface area contributed by atoms with Crippen LogP contribution in [0.25, 0.3) is 0 Å². The van der Waals surface area contributed by atoms with Crippen molar-refractivity contribution in [2.24, 2.45) is 11.8 Å². The Kier molecular flexibility index (Phi) is 6.77. The van der Waals surface area contributed by atoms with E-state index in [1.165, 1.54) is 5.56 Å². The Morgan fingerprint density at radius 1 is 1.07 bits per heavy atom. The summed E-state index contributed by atoms with van der Waals surface area (Å²) in [5, 5.41) is 0. The summed E-state index contributed by atoms with van der Waals surface area (Å²) < 4.78 is 5.49. The van der Waals surface area contributed by atoms with Crippen LogP contribution in [0.2, 0.25) is 0 Å². The molecule has 4 rings (SSSR count). The van der Waals surface area contributed by atoms with Gasteiger partial charge in [0.05, 0.1) is 6.42 Å². The van der Waals surface area contributed by atoms with Crippen LogP contribution in [0.1, 0.15) is 30.4 Å². The Morgan fingerprint density at radius 3 is 2.50 bits per heavy atom. The second-order valence-corrected chi connectivity index (χ2v) is 8.09. The summed E-state index contributed by atoms with van der Waals surface area (Å²) in [6.07, 6.45) is 6.95. The number of benzene rings is 2. The lowest BCUT2D eigenvalue weighted by Crippen LogP contribution is -2.21. The van der Waals surface area contributed by atoms with E-state index in [9.17, 15) is 4.79 Å². The molecule has 2 aliphatic rings. The van der Waals surface area contributed by atoms with Crippen molar-refractivity contribution in [1.82, 2.24) is 0 Å². The van der Waals surface area contributed by atoms with Crippen LogP contribution in [-0.4, -0.2) is 18.2 Å². The number of esters is 1. The second kappa shape index (κ2) is 9.88. The number of ether oxygens (including phenoxy) is 1. The van der Waals surface area contributed by atoms with E-state index in [-0.39, 0.29) is 30.0 Å². The molecule has 0 amide bonds. The molecule has 4 nitrogen and oxygen atoms in total. The maximum Gasteiger partial charge on any atom is 0.306 e. The maximum absolute atomic E-state index is 11.8. The standard InChI is InChI=1S/C26H28O4/c1-19(12-14-20-8-4-2-5-9-20)13-15-22-23-16-26(27)29-24(23)17-25(22)30-28-18-21-10-6-3-7-11-21/h2-11,13,15,22-25H,1,12,14,16-18H2/b15-13+/t22-,23-,24+,25-/m1/s1. The third-order valence-corrected chi connectivity index (χ3v) is 5.94. The van der Waals surface area contributed by atoms with Gasteiger partial charge < -0.3 is 4.74 Å². The highest BCUT2D eigenvalue weighted by Gasteiger charge is 2.50. The maximum atomic E-state index is 11.8. The largest absolute Gasteiger partial charge is 0.462 e. The number of rotatable bonds is 9.